The van der Waals surface area contributed by atoms with Gasteiger partial charge in [0.25, 0.3) is 5.91 Å². The lowest BCUT2D eigenvalue weighted by Crippen LogP contribution is -2.62. The first-order valence-electron chi connectivity index (χ1n) is 7.70. The number of aromatic nitrogens is 2. The molecule has 2 aromatic rings. The van der Waals surface area contributed by atoms with Gasteiger partial charge in [-0.1, -0.05) is 11.6 Å². The highest BCUT2D eigenvalue weighted by Crippen LogP contribution is 2.24. The molecule has 3 rings (SSSR count). The Morgan fingerprint density at radius 3 is 2.62 bits per heavy atom. The summed E-state index contributed by atoms with van der Waals surface area (Å²) in [6.45, 7) is 4.79. The van der Waals surface area contributed by atoms with Crippen molar-refractivity contribution in [2.24, 2.45) is 0 Å². The number of nitrogens with zero attached hydrogens (tertiary/aromatic N) is 3. The first-order chi connectivity index (χ1) is 11.4. The van der Waals surface area contributed by atoms with Crippen LogP contribution in [0.25, 0.3) is 0 Å². The molecule has 24 heavy (non-hydrogen) atoms. The van der Waals surface area contributed by atoms with Crippen LogP contribution in [0.1, 0.15) is 13.8 Å². The Bertz CT molecular complexity index is 700. The Morgan fingerprint density at radius 2 is 2.00 bits per heavy atom. The molecule has 6 nitrogen and oxygen atoms in total. The Kier molecular flexibility index (Phi) is 4.57. The zero-order valence-electron chi connectivity index (χ0n) is 13.6. The molecule has 7 heteroatoms. The molecular formula is C17H19ClN4O2. The summed E-state index contributed by atoms with van der Waals surface area (Å²) < 4.78 is 5.84. The smallest absolute Gasteiger partial charge is 0.266 e. The van der Waals surface area contributed by atoms with Gasteiger partial charge in [0.2, 0.25) is 0 Å². The number of likely N-dealkylation sites (tertiary alicyclic amines) is 1. The van der Waals surface area contributed by atoms with Gasteiger partial charge in [-0.3, -0.25) is 4.79 Å². The normalized spacial score (nSPS) is 14.9. The number of anilines is 1. The fourth-order valence-corrected chi connectivity index (χ4v) is 2.67. The maximum Gasteiger partial charge on any atom is 0.266 e. The largest absolute Gasteiger partial charge is 0.478 e. The van der Waals surface area contributed by atoms with Gasteiger partial charge < -0.3 is 15.0 Å². The Hall–Kier alpha value is -2.34. The van der Waals surface area contributed by atoms with Crippen molar-refractivity contribution in [1.29, 1.82) is 0 Å². The third kappa shape index (κ3) is 3.76. The molecule has 0 atom stereocenters. The zero-order chi connectivity index (χ0) is 17.2. The van der Waals surface area contributed by atoms with E-state index in [4.69, 9.17) is 16.3 Å². The van der Waals surface area contributed by atoms with Crippen LogP contribution in [0.5, 0.6) is 5.75 Å². The van der Waals surface area contributed by atoms with E-state index in [-0.39, 0.29) is 11.9 Å². The van der Waals surface area contributed by atoms with Crippen LogP contribution < -0.4 is 10.1 Å². The van der Waals surface area contributed by atoms with Crippen LogP contribution in [0.2, 0.25) is 5.02 Å². The van der Waals surface area contributed by atoms with Crippen LogP contribution in [0.4, 0.5) is 5.82 Å². The number of benzene rings is 1. The second kappa shape index (κ2) is 6.65. The highest BCUT2D eigenvalue weighted by atomic mass is 35.5. The molecule has 0 radical (unpaired) electrons. The van der Waals surface area contributed by atoms with E-state index in [9.17, 15) is 4.79 Å². The molecule has 0 bridgehead atoms. The fourth-order valence-electron chi connectivity index (χ4n) is 2.54. The Balaban J connectivity index is 1.54. The maximum absolute atomic E-state index is 12.6. The van der Waals surface area contributed by atoms with Crippen molar-refractivity contribution < 1.29 is 9.53 Å². The summed E-state index contributed by atoms with van der Waals surface area (Å²) in [5, 5.41) is 3.90. The predicted molar refractivity (Wildman–Crippen MR) is 92.2 cm³/mol. The van der Waals surface area contributed by atoms with Crippen LogP contribution in [0, 0.1) is 0 Å². The quantitative estimate of drug-likeness (QED) is 0.901. The van der Waals surface area contributed by atoms with E-state index in [1.807, 2.05) is 0 Å². The number of rotatable bonds is 5. The second-order valence-corrected chi connectivity index (χ2v) is 6.65. The minimum Gasteiger partial charge on any atom is -0.478 e. The van der Waals surface area contributed by atoms with Crippen molar-refractivity contribution in [3.63, 3.8) is 0 Å². The Labute approximate surface area is 145 Å². The minimum absolute atomic E-state index is 0.0433. The van der Waals surface area contributed by atoms with Crippen LogP contribution in [-0.2, 0) is 4.79 Å². The van der Waals surface area contributed by atoms with Crippen LogP contribution in [0.3, 0.4) is 0 Å². The molecule has 126 valence electrons. The van der Waals surface area contributed by atoms with Gasteiger partial charge >= 0.3 is 0 Å². The minimum atomic E-state index is -0.937. The first kappa shape index (κ1) is 16.5. The molecule has 0 saturated carbocycles. The van der Waals surface area contributed by atoms with Crippen molar-refractivity contribution in [1.82, 2.24) is 14.9 Å². The predicted octanol–water partition coefficient (Wildman–Crippen LogP) is 2.61. The summed E-state index contributed by atoms with van der Waals surface area (Å²) in [5.74, 6) is 1.34. The number of hydrogen-bond acceptors (Lipinski definition) is 5. The van der Waals surface area contributed by atoms with Crippen molar-refractivity contribution in [2.75, 3.05) is 18.4 Å². The molecule has 1 aromatic heterocycles. The molecule has 1 N–H and O–H groups in total. The van der Waals surface area contributed by atoms with Crippen molar-refractivity contribution in [3.8, 4) is 5.75 Å². The molecule has 0 aliphatic carbocycles. The summed E-state index contributed by atoms with van der Waals surface area (Å²) in [6.07, 6.45) is 3.17. The van der Waals surface area contributed by atoms with Crippen LogP contribution in [0.15, 0.2) is 42.9 Å². The van der Waals surface area contributed by atoms with Gasteiger partial charge in [-0.25, -0.2) is 9.97 Å². The van der Waals surface area contributed by atoms with Gasteiger partial charge in [0.15, 0.2) is 5.60 Å². The molecule has 0 spiro atoms. The molecule has 2 heterocycles. The van der Waals surface area contributed by atoms with Gasteiger partial charge in [-0.2, -0.15) is 0 Å². The third-order valence-corrected chi connectivity index (χ3v) is 4.06. The highest BCUT2D eigenvalue weighted by Gasteiger charge is 2.40. The van der Waals surface area contributed by atoms with E-state index in [2.05, 4.69) is 15.3 Å². The highest BCUT2D eigenvalue weighted by molar-refractivity contribution is 6.30. The molecular weight excluding hydrogens is 328 g/mol. The van der Waals surface area contributed by atoms with Crippen molar-refractivity contribution >= 4 is 23.3 Å². The molecule has 1 aliphatic rings. The molecule has 1 saturated heterocycles. The standard InChI is InChI=1S/C17H19ClN4O2/c1-17(2,24-14-5-3-12(18)4-6-14)16(23)22-9-13(10-22)21-15-7-8-19-11-20-15/h3-8,11,13H,9-10H2,1-2H3,(H,19,20,21). The molecule has 1 fully saturated rings. The third-order valence-electron chi connectivity index (χ3n) is 3.80. The number of hydrogen-bond donors (Lipinski definition) is 1. The van der Waals surface area contributed by atoms with E-state index in [0.717, 1.165) is 5.82 Å². The van der Waals surface area contributed by atoms with Gasteiger partial charge in [0.1, 0.15) is 17.9 Å². The lowest BCUT2D eigenvalue weighted by atomic mass is 10.0. The van der Waals surface area contributed by atoms with E-state index in [1.165, 1.54) is 6.33 Å². The molecule has 0 unspecified atom stereocenters. The monoisotopic (exact) mass is 346 g/mol. The van der Waals surface area contributed by atoms with Gasteiger partial charge in [0, 0.05) is 24.3 Å². The van der Waals surface area contributed by atoms with E-state index in [0.29, 0.717) is 23.9 Å². The number of carbonyl (C=O) groups excluding carboxylic acids is 1. The number of halogens is 1. The molecule has 1 amide bonds. The molecule has 1 aromatic carbocycles. The van der Waals surface area contributed by atoms with E-state index >= 15 is 0 Å². The maximum atomic E-state index is 12.6. The summed E-state index contributed by atoms with van der Waals surface area (Å²) >= 11 is 5.86. The van der Waals surface area contributed by atoms with E-state index < -0.39 is 5.60 Å². The lowest BCUT2D eigenvalue weighted by molar-refractivity contribution is -0.149. The number of nitrogens with one attached hydrogen (secondary N) is 1. The first-order valence-corrected chi connectivity index (χ1v) is 8.08. The topological polar surface area (TPSA) is 67.3 Å². The molecule has 1 aliphatic heterocycles. The summed E-state index contributed by atoms with van der Waals surface area (Å²) in [7, 11) is 0. The van der Waals surface area contributed by atoms with E-state index in [1.54, 1.807) is 55.3 Å². The van der Waals surface area contributed by atoms with Crippen molar-refractivity contribution in [3.05, 3.63) is 47.9 Å². The average Bonchev–Trinajstić information content (AvgIpc) is 2.53. The van der Waals surface area contributed by atoms with Crippen LogP contribution >= 0.6 is 11.6 Å². The number of carbonyl (C=O) groups is 1. The summed E-state index contributed by atoms with van der Waals surface area (Å²) in [5.41, 5.74) is -0.937. The lowest BCUT2D eigenvalue weighted by Gasteiger charge is -2.43. The second-order valence-electron chi connectivity index (χ2n) is 6.21. The number of amides is 1. The van der Waals surface area contributed by atoms with Crippen molar-refractivity contribution in [2.45, 2.75) is 25.5 Å². The Morgan fingerprint density at radius 1 is 1.29 bits per heavy atom. The summed E-state index contributed by atoms with van der Waals surface area (Å²) in [6, 6.07) is 8.99. The number of ether oxygens (including phenoxy) is 1. The zero-order valence-corrected chi connectivity index (χ0v) is 14.3. The summed E-state index contributed by atoms with van der Waals surface area (Å²) in [4.78, 5) is 22.4. The SMILES string of the molecule is CC(C)(Oc1ccc(Cl)cc1)C(=O)N1CC(Nc2ccncn2)C1. The average molecular weight is 347 g/mol. The van der Waals surface area contributed by atoms with Crippen LogP contribution in [-0.4, -0.2) is 45.5 Å². The van der Waals surface area contributed by atoms with Gasteiger partial charge in [0.05, 0.1) is 6.04 Å². The van der Waals surface area contributed by atoms with Gasteiger partial charge in [-0.15, -0.1) is 0 Å². The van der Waals surface area contributed by atoms with Gasteiger partial charge in [-0.05, 0) is 44.2 Å². The fraction of sp³-hybridized carbons (Fsp3) is 0.353.